The van der Waals surface area contributed by atoms with E-state index in [2.05, 4.69) is 20.6 Å². The van der Waals surface area contributed by atoms with Crippen LogP contribution in [0.1, 0.15) is 49.2 Å². The van der Waals surface area contributed by atoms with Crippen molar-refractivity contribution in [3.63, 3.8) is 0 Å². The van der Waals surface area contributed by atoms with Gasteiger partial charge >= 0.3 is 12.0 Å². The van der Waals surface area contributed by atoms with Crippen LogP contribution < -0.4 is 16.4 Å². The Kier molecular flexibility index (Phi) is 9.39. The summed E-state index contributed by atoms with van der Waals surface area (Å²) in [6.45, 7) is 2.10. The van der Waals surface area contributed by atoms with E-state index in [0.717, 1.165) is 15.8 Å². The molecule has 14 heteroatoms. The van der Waals surface area contributed by atoms with Gasteiger partial charge in [0.25, 0.3) is 5.91 Å². The summed E-state index contributed by atoms with van der Waals surface area (Å²) in [7, 11) is 3.24. The molecule has 0 saturated carbocycles. The van der Waals surface area contributed by atoms with Gasteiger partial charge in [0.2, 0.25) is 5.91 Å². The number of fused-ring (bicyclic) bond motifs is 10. The number of anilines is 3. The molecule has 0 aliphatic carbocycles. The van der Waals surface area contributed by atoms with E-state index in [1.165, 1.54) is 65.3 Å². The van der Waals surface area contributed by atoms with Crippen molar-refractivity contribution < 1.29 is 27.9 Å². The number of alkyl halides is 2. The van der Waals surface area contributed by atoms with Gasteiger partial charge in [-0.05, 0) is 84.0 Å². The fourth-order valence-electron chi connectivity index (χ4n) is 6.24. The maximum Gasteiger partial charge on any atom is 0.411 e. The van der Waals surface area contributed by atoms with Crippen LogP contribution in [-0.2, 0) is 28.5 Å². The monoisotopic (exact) mass is 699 g/mol. The van der Waals surface area contributed by atoms with Gasteiger partial charge in [0, 0.05) is 66.3 Å². The molecule has 1 atom stereocenters. The SMILES string of the molecule is Cc1cc2cc(C)c1C(F)(F)COC(=O)Nc1ccc(C(=O)N(C)Cc3nccs3)c(c1)CN(C)C(=O)[C@@H]2Nc1ccc2c(N)nccc2c1. The third-order valence-corrected chi connectivity index (χ3v) is 9.32. The highest BCUT2D eigenvalue weighted by atomic mass is 32.1. The maximum absolute atomic E-state index is 15.6. The molecule has 4 N–H and O–H groups in total. The van der Waals surface area contributed by atoms with Crippen LogP contribution in [0.2, 0.25) is 0 Å². The molecular formula is C36H35F2N7O4S. The average Bonchev–Trinajstić information content (AvgIpc) is 3.58. The van der Waals surface area contributed by atoms with Crippen molar-refractivity contribution in [2.45, 2.75) is 38.9 Å². The standard InChI is InChI=1S/C36H35F2N7O4S/c1-20-13-23-14-21(2)30(20)36(37,38)19-49-35(48)43-26-6-8-28(33(46)45(4)18-29-40-11-12-50-29)24(16-26)17-44(3)34(47)31(23)42-25-5-7-27-22(15-25)9-10-41-32(27)39/h5-16,31,42H,17-19H2,1-4H3,(H2,39,41)(H,43,48)/t31-/m1/s1. The Balaban J connectivity index is 1.43. The van der Waals surface area contributed by atoms with E-state index >= 15 is 8.78 Å². The van der Waals surface area contributed by atoms with Crippen LogP contribution in [0.4, 0.5) is 30.8 Å². The first-order valence-electron chi connectivity index (χ1n) is 15.7. The van der Waals surface area contributed by atoms with Gasteiger partial charge in [0.05, 0.1) is 6.54 Å². The normalized spacial score (nSPS) is 16.2. The maximum atomic E-state index is 15.6. The second-order valence-corrected chi connectivity index (χ2v) is 13.3. The number of rotatable bonds is 5. The highest BCUT2D eigenvalue weighted by Gasteiger charge is 2.38. The molecule has 2 aromatic heterocycles. The zero-order valence-corrected chi connectivity index (χ0v) is 28.6. The lowest BCUT2D eigenvalue weighted by molar-refractivity contribution is -0.131. The summed E-state index contributed by atoms with van der Waals surface area (Å²) in [4.78, 5) is 52.3. The molecule has 11 nitrogen and oxygen atoms in total. The summed E-state index contributed by atoms with van der Waals surface area (Å²) in [5.41, 5.74) is 8.16. The first-order chi connectivity index (χ1) is 23.8. The number of aryl methyl sites for hydroxylation is 2. The zero-order valence-electron chi connectivity index (χ0n) is 27.8. The van der Waals surface area contributed by atoms with Gasteiger partial charge in [0.15, 0.2) is 6.61 Å². The Morgan fingerprint density at radius 1 is 1.10 bits per heavy atom. The number of benzene rings is 3. The van der Waals surface area contributed by atoms with Crippen molar-refractivity contribution in [2.24, 2.45) is 0 Å². The molecule has 0 unspecified atom stereocenters. The third-order valence-electron chi connectivity index (χ3n) is 8.56. The van der Waals surface area contributed by atoms with Crippen LogP contribution in [0, 0.1) is 13.8 Å². The molecule has 0 radical (unpaired) electrons. The fourth-order valence-corrected chi connectivity index (χ4v) is 6.91. The number of thiazole rings is 1. The quantitative estimate of drug-likeness (QED) is 0.186. The summed E-state index contributed by atoms with van der Waals surface area (Å²) >= 11 is 1.42. The zero-order chi connectivity index (χ0) is 35.7. The fraction of sp³-hybridized carbons (Fsp3) is 0.250. The molecule has 0 fully saturated rings. The number of nitrogens with zero attached hydrogens (tertiary/aromatic N) is 4. The van der Waals surface area contributed by atoms with Crippen molar-refractivity contribution in [1.29, 1.82) is 0 Å². The molecule has 258 valence electrons. The summed E-state index contributed by atoms with van der Waals surface area (Å²) in [6.07, 6.45) is 2.16. The Hall–Kier alpha value is -5.63. The number of nitrogen functional groups attached to an aromatic ring is 1. The number of halogens is 2. The molecule has 50 heavy (non-hydrogen) atoms. The van der Waals surface area contributed by atoms with Crippen molar-refractivity contribution in [1.82, 2.24) is 19.8 Å². The van der Waals surface area contributed by atoms with Crippen molar-refractivity contribution >= 4 is 57.2 Å². The number of hydrogen-bond donors (Lipinski definition) is 3. The van der Waals surface area contributed by atoms with Gasteiger partial charge < -0.3 is 25.6 Å². The van der Waals surface area contributed by atoms with Gasteiger partial charge in [0.1, 0.15) is 16.9 Å². The minimum absolute atomic E-state index is 0.0260. The van der Waals surface area contributed by atoms with Crippen molar-refractivity contribution in [2.75, 3.05) is 37.1 Å². The number of nitrogens with two attached hydrogens (primary N) is 1. The van der Waals surface area contributed by atoms with Crippen LogP contribution in [0.15, 0.2) is 72.4 Å². The molecule has 2 aliphatic rings. The Morgan fingerprint density at radius 2 is 1.86 bits per heavy atom. The van der Waals surface area contributed by atoms with E-state index in [1.807, 2.05) is 11.4 Å². The number of likely N-dealkylation sites (N-methyl/N-ethyl adjacent to an activating group) is 1. The number of carbonyl (C=O) groups is 3. The lowest BCUT2D eigenvalue weighted by Crippen LogP contribution is -2.36. The summed E-state index contributed by atoms with van der Waals surface area (Å²) in [5, 5.41) is 9.90. The molecule has 0 spiro atoms. The first kappa shape index (κ1) is 34.2. The number of carbonyl (C=O) groups excluding carboxylic acids is 3. The van der Waals surface area contributed by atoms with E-state index in [0.29, 0.717) is 22.6 Å². The summed E-state index contributed by atoms with van der Waals surface area (Å²) < 4.78 is 36.3. The minimum atomic E-state index is -3.53. The number of ether oxygens (including phenoxy) is 1. The van der Waals surface area contributed by atoms with E-state index in [-0.39, 0.29) is 46.9 Å². The van der Waals surface area contributed by atoms with Crippen LogP contribution in [0.3, 0.4) is 0 Å². The molecule has 3 aromatic carbocycles. The van der Waals surface area contributed by atoms with E-state index in [1.54, 1.807) is 44.7 Å². The van der Waals surface area contributed by atoms with Gasteiger partial charge in [-0.1, -0.05) is 12.1 Å². The summed E-state index contributed by atoms with van der Waals surface area (Å²) in [6, 6.07) is 13.8. The topological polar surface area (TPSA) is 143 Å². The van der Waals surface area contributed by atoms with E-state index in [4.69, 9.17) is 10.5 Å². The van der Waals surface area contributed by atoms with Crippen LogP contribution in [0.5, 0.6) is 0 Å². The number of hydrogen-bond acceptors (Lipinski definition) is 9. The summed E-state index contributed by atoms with van der Waals surface area (Å²) in [5.74, 6) is -3.89. The lowest BCUT2D eigenvalue weighted by Gasteiger charge is -2.29. The van der Waals surface area contributed by atoms with Gasteiger partial charge in [-0.3, -0.25) is 14.9 Å². The second kappa shape index (κ2) is 13.7. The molecule has 7 rings (SSSR count). The van der Waals surface area contributed by atoms with E-state index in [9.17, 15) is 14.4 Å². The minimum Gasteiger partial charge on any atom is -0.442 e. The smallest absolute Gasteiger partial charge is 0.411 e. The first-order valence-corrected chi connectivity index (χ1v) is 16.5. The van der Waals surface area contributed by atoms with Crippen molar-refractivity contribution in [3.8, 4) is 0 Å². The second-order valence-electron chi connectivity index (χ2n) is 12.3. The predicted octanol–water partition coefficient (Wildman–Crippen LogP) is 6.63. The average molecular weight is 700 g/mol. The molecule has 5 aromatic rings. The highest BCUT2D eigenvalue weighted by molar-refractivity contribution is 7.09. The van der Waals surface area contributed by atoms with Crippen LogP contribution in [-0.4, -0.2) is 58.4 Å². The van der Waals surface area contributed by atoms with Crippen LogP contribution >= 0.6 is 11.3 Å². The predicted molar refractivity (Wildman–Crippen MR) is 188 cm³/mol. The Morgan fingerprint density at radius 3 is 2.58 bits per heavy atom. The molecule has 2 aliphatic heterocycles. The third kappa shape index (κ3) is 7.06. The van der Waals surface area contributed by atoms with Gasteiger partial charge in [-0.2, -0.15) is 8.78 Å². The number of amides is 3. The van der Waals surface area contributed by atoms with Crippen LogP contribution in [0.25, 0.3) is 10.8 Å². The molecule has 4 heterocycles. The Bertz CT molecular complexity index is 2090. The van der Waals surface area contributed by atoms with Crippen molar-refractivity contribution in [3.05, 3.63) is 111 Å². The van der Waals surface area contributed by atoms with Gasteiger partial charge in [-0.25, -0.2) is 14.8 Å². The number of nitrogens with one attached hydrogen (secondary N) is 2. The molecular weight excluding hydrogens is 665 g/mol. The Labute approximate surface area is 291 Å². The molecule has 0 saturated heterocycles. The lowest BCUT2D eigenvalue weighted by atomic mass is 9.91. The number of aromatic nitrogens is 2. The number of pyridine rings is 1. The largest absolute Gasteiger partial charge is 0.442 e. The molecule has 4 bridgehead atoms. The van der Waals surface area contributed by atoms with Gasteiger partial charge in [-0.15, -0.1) is 11.3 Å². The van der Waals surface area contributed by atoms with E-state index < -0.39 is 30.6 Å². The molecule has 3 amide bonds. The highest BCUT2D eigenvalue weighted by Crippen LogP contribution is 2.37.